The lowest BCUT2D eigenvalue weighted by molar-refractivity contribution is -0.384. The van der Waals surface area contributed by atoms with Gasteiger partial charge < -0.3 is 5.11 Å². The number of hydrogen-bond acceptors (Lipinski definition) is 3. The Bertz CT molecular complexity index is 419. The van der Waals surface area contributed by atoms with Crippen LogP contribution in [0.15, 0.2) is 18.2 Å². The predicted octanol–water partition coefficient (Wildman–Crippen LogP) is 2.44. The van der Waals surface area contributed by atoms with Crippen molar-refractivity contribution in [2.45, 2.75) is 12.8 Å². The number of non-ortho nitro benzene ring substituents is 1. The number of carbonyl (C=O) groups is 1. The summed E-state index contributed by atoms with van der Waals surface area (Å²) in [6, 6.07) is 3.75. The topological polar surface area (TPSA) is 80.4 Å². The fourth-order valence-electron chi connectivity index (χ4n) is 1.11. The minimum Gasteiger partial charge on any atom is -0.481 e. The van der Waals surface area contributed by atoms with Gasteiger partial charge in [0.05, 0.1) is 10.8 Å². The van der Waals surface area contributed by atoms with Crippen molar-refractivity contribution in [1.82, 2.24) is 0 Å². The van der Waals surface area contributed by atoms with E-state index in [-0.39, 0.29) is 16.3 Å². The van der Waals surface area contributed by atoms with Crippen molar-refractivity contribution in [2.24, 2.45) is 0 Å². The predicted molar refractivity (Wildman–Crippen MR) is 54.2 cm³/mol. The Kier molecular flexibility index (Phi) is 3.26. The van der Waals surface area contributed by atoms with E-state index >= 15 is 0 Å². The lowest BCUT2D eigenvalue weighted by Gasteiger charge is -2.08. The number of benzene rings is 1. The molecule has 0 spiro atoms. The highest BCUT2D eigenvalue weighted by molar-refractivity contribution is 6.31. The third-order valence-corrected chi connectivity index (χ3v) is 2.37. The zero-order chi connectivity index (χ0) is 11.6. The minimum atomic E-state index is -1.07. The number of carboxylic acid groups (broad SMARTS) is 1. The molecule has 1 atom stereocenters. The maximum Gasteiger partial charge on any atom is 0.310 e. The summed E-state index contributed by atoms with van der Waals surface area (Å²) in [4.78, 5) is 20.6. The van der Waals surface area contributed by atoms with Crippen molar-refractivity contribution in [2.75, 3.05) is 0 Å². The van der Waals surface area contributed by atoms with E-state index < -0.39 is 16.8 Å². The van der Waals surface area contributed by atoms with E-state index in [1.807, 2.05) is 0 Å². The lowest BCUT2D eigenvalue weighted by Crippen LogP contribution is -2.08. The van der Waals surface area contributed by atoms with Crippen molar-refractivity contribution >= 4 is 23.3 Å². The smallest absolute Gasteiger partial charge is 0.310 e. The molecule has 6 heteroatoms. The van der Waals surface area contributed by atoms with Gasteiger partial charge in [-0.05, 0) is 18.6 Å². The summed E-state index contributed by atoms with van der Waals surface area (Å²) in [5, 5.41) is 19.5. The van der Waals surface area contributed by atoms with Gasteiger partial charge in [-0.3, -0.25) is 14.9 Å². The molecular weight excluding hydrogens is 222 g/mol. The van der Waals surface area contributed by atoms with E-state index in [0.29, 0.717) is 0 Å². The highest BCUT2D eigenvalue weighted by Gasteiger charge is 2.19. The molecule has 0 bridgehead atoms. The van der Waals surface area contributed by atoms with Crippen molar-refractivity contribution < 1.29 is 14.8 Å². The van der Waals surface area contributed by atoms with E-state index in [0.717, 1.165) is 0 Å². The number of rotatable bonds is 3. The van der Waals surface area contributed by atoms with Gasteiger partial charge in [-0.2, -0.15) is 0 Å². The summed E-state index contributed by atoms with van der Waals surface area (Å²) in [6.07, 6.45) is 0. The molecule has 0 aliphatic heterocycles. The molecule has 80 valence electrons. The molecule has 0 fully saturated rings. The number of nitro groups is 1. The first-order chi connectivity index (χ1) is 6.93. The molecule has 5 nitrogen and oxygen atoms in total. The van der Waals surface area contributed by atoms with Crippen LogP contribution >= 0.6 is 11.6 Å². The van der Waals surface area contributed by atoms with Crippen LogP contribution in [0.4, 0.5) is 5.69 Å². The van der Waals surface area contributed by atoms with E-state index in [2.05, 4.69) is 0 Å². The van der Waals surface area contributed by atoms with Gasteiger partial charge in [-0.1, -0.05) is 11.6 Å². The number of hydrogen-bond donors (Lipinski definition) is 1. The molecule has 1 N–H and O–H groups in total. The van der Waals surface area contributed by atoms with Gasteiger partial charge in [-0.25, -0.2) is 0 Å². The zero-order valence-electron chi connectivity index (χ0n) is 7.81. The first-order valence-corrected chi connectivity index (χ1v) is 4.48. The number of nitro benzene ring substituents is 1. The largest absolute Gasteiger partial charge is 0.481 e. The van der Waals surface area contributed by atoms with Gasteiger partial charge in [0.2, 0.25) is 0 Å². The Morgan fingerprint density at radius 2 is 2.20 bits per heavy atom. The molecule has 1 rings (SSSR count). The fourth-order valence-corrected chi connectivity index (χ4v) is 1.39. The Balaban J connectivity index is 3.22. The second kappa shape index (κ2) is 4.27. The molecule has 0 aliphatic rings. The van der Waals surface area contributed by atoms with Crippen LogP contribution < -0.4 is 0 Å². The van der Waals surface area contributed by atoms with Crippen LogP contribution in [0.5, 0.6) is 0 Å². The minimum absolute atomic E-state index is 0.164. The SMILES string of the molecule is CC(C(=O)O)c1cc([N+](=O)[O-])ccc1Cl. The van der Waals surface area contributed by atoms with Crippen LogP contribution in [0, 0.1) is 10.1 Å². The Morgan fingerprint density at radius 1 is 1.60 bits per heavy atom. The van der Waals surface area contributed by atoms with Gasteiger partial charge in [0.25, 0.3) is 5.69 Å². The molecule has 0 amide bonds. The number of halogens is 1. The van der Waals surface area contributed by atoms with Crippen LogP contribution in [-0.2, 0) is 4.79 Å². The third-order valence-electron chi connectivity index (χ3n) is 2.03. The summed E-state index contributed by atoms with van der Waals surface area (Å²) in [6.45, 7) is 1.42. The second-order valence-electron chi connectivity index (χ2n) is 3.02. The maximum atomic E-state index is 10.7. The molecular formula is C9H8ClNO4. The third kappa shape index (κ3) is 2.44. The highest BCUT2D eigenvalue weighted by atomic mass is 35.5. The normalized spacial score (nSPS) is 12.1. The average Bonchev–Trinajstić information content (AvgIpc) is 2.16. The number of nitrogens with zero attached hydrogens (tertiary/aromatic N) is 1. The fraction of sp³-hybridized carbons (Fsp3) is 0.222. The lowest BCUT2D eigenvalue weighted by atomic mass is 10.0. The van der Waals surface area contributed by atoms with Gasteiger partial charge in [0, 0.05) is 17.2 Å². The molecule has 1 unspecified atom stereocenters. The van der Waals surface area contributed by atoms with E-state index in [1.165, 1.54) is 25.1 Å². The van der Waals surface area contributed by atoms with E-state index in [9.17, 15) is 14.9 Å². The molecule has 0 aromatic heterocycles. The summed E-state index contributed by atoms with van der Waals surface area (Å²) < 4.78 is 0. The summed E-state index contributed by atoms with van der Waals surface area (Å²) in [7, 11) is 0. The van der Waals surface area contributed by atoms with E-state index in [4.69, 9.17) is 16.7 Å². The summed E-state index contributed by atoms with van der Waals surface area (Å²) in [5.41, 5.74) is 0.0841. The van der Waals surface area contributed by atoms with Crippen LogP contribution in [0.1, 0.15) is 18.4 Å². The molecule has 0 heterocycles. The van der Waals surface area contributed by atoms with Crippen molar-refractivity contribution in [1.29, 1.82) is 0 Å². The monoisotopic (exact) mass is 229 g/mol. The van der Waals surface area contributed by atoms with Gasteiger partial charge in [0.15, 0.2) is 0 Å². The first kappa shape index (κ1) is 11.5. The highest BCUT2D eigenvalue weighted by Crippen LogP contribution is 2.28. The molecule has 0 saturated carbocycles. The number of carboxylic acids is 1. The van der Waals surface area contributed by atoms with E-state index in [1.54, 1.807) is 0 Å². The Labute approximate surface area is 90.4 Å². The van der Waals surface area contributed by atoms with Crippen LogP contribution in [-0.4, -0.2) is 16.0 Å². The maximum absolute atomic E-state index is 10.7. The van der Waals surface area contributed by atoms with Crippen LogP contribution in [0.2, 0.25) is 5.02 Å². The Morgan fingerprint density at radius 3 is 2.67 bits per heavy atom. The second-order valence-corrected chi connectivity index (χ2v) is 3.43. The molecule has 0 aliphatic carbocycles. The molecule has 1 aromatic carbocycles. The average molecular weight is 230 g/mol. The summed E-state index contributed by atoms with van der Waals surface area (Å²) >= 11 is 5.75. The van der Waals surface area contributed by atoms with Gasteiger partial charge in [0.1, 0.15) is 0 Å². The van der Waals surface area contributed by atoms with Crippen molar-refractivity contribution in [3.8, 4) is 0 Å². The van der Waals surface area contributed by atoms with Gasteiger partial charge >= 0.3 is 5.97 Å². The molecule has 0 radical (unpaired) electrons. The Hall–Kier alpha value is -1.62. The molecule has 1 aromatic rings. The van der Waals surface area contributed by atoms with Crippen LogP contribution in [0.3, 0.4) is 0 Å². The standard InChI is InChI=1S/C9H8ClNO4/c1-5(9(12)13)7-4-6(11(14)15)2-3-8(7)10/h2-5H,1H3,(H,12,13). The van der Waals surface area contributed by atoms with Crippen molar-refractivity contribution in [3.05, 3.63) is 38.9 Å². The first-order valence-electron chi connectivity index (χ1n) is 4.10. The molecule has 15 heavy (non-hydrogen) atoms. The molecule has 0 saturated heterocycles. The quantitative estimate of drug-likeness (QED) is 0.638. The van der Waals surface area contributed by atoms with Gasteiger partial charge in [-0.15, -0.1) is 0 Å². The summed E-state index contributed by atoms with van der Waals surface area (Å²) in [5.74, 6) is -1.94. The van der Waals surface area contributed by atoms with Crippen molar-refractivity contribution in [3.63, 3.8) is 0 Å². The van der Waals surface area contributed by atoms with Crippen LogP contribution in [0.25, 0.3) is 0 Å². The number of aliphatic carboxylic acids is 1. The zero-order valence-corrected chi connectivity index (χ0v) is 8.56.